The minimum absolute atomic E-state index is 0.0630. The van der Waals surface area contributed by atoms with Gasteiger partial charge in [0.15, 0.2) is 0 Å². The Kier molecular flexibility index (Phi) is 4.41. The van der Waals surface area contributed by atoms with Crippen molar-refractivity contribution in [2.45, 2.75) is 6.61 Å². The van der Waals surface area contributed by atoms with E-state index in [1.54, 1.807) is 6.07 Å². The molecular weight excluding hydrogens is 303 g/mol. The second-order valence-corrected chi connectivity index (χ2v) is 3.94. The molecule has 0 aliphatic rings. The first-order valence-corrected chi connectivity index (χ1v) is 5.89. The average molecular weight is 309 g/mol. The van der Waals surface area contributed by atoms with Crippen molar-refractivity contribution in [3.05, 3.63) is 41.3 Å². The summed E-state index contributed by atoms with van der Waals surface area (Å²) in [6, 6.07) is 5.27. The number of nitrogens with zero attached hydrogens (tertiary/aromatic N) is 3. The third kappa shape index (κ3) is 3.50. The molecule has 106 valence electrons. The van der Waals surface area contributed by atoms with Crippen molar-refractivity contribution in [2.75, 3.05) is 0 Å². The quantitative estimate of drug-likeness (QED) is 0.700. The van der Waals surface area contributed by atoms with E-state index in [0.29, 0.717) is 0 Å². The number of halogens is 3. The summed E-state index contributed by atoms with van der Waals surface area (Å²) in [5.41, 5.74) is 0.310. The molecule has 2 aromatic rings. The third-order valence-corrected chi connectivity index (χ3v) is 2.46. The van der Waals surface area contributed by atoms with Gasteiger partial charge < -0.3 is 4.74 Å². The highest BCUT2D eigenvalue weighted by molar-refractivity contribution is 7.85. The van der Waals surface area contributed by atoms with Gasteiger partial charge in [-0.05, 0) is 29.4 Å². The third-order valence-electron chi connectivity index (χ3n) is 2.35. The van der Waals surface area contributed by atoms with Crippen molar-refractivity contribution in [3.63, 3.8) is 0 Å². The van der Waals surface area contributed by atoms with E-state index in [9.17, 15) is 13.2 Å². The van der Waals surface area contributed by atoms with E-state index in [1.807, 2.05) is 0 Å². The molecule has 0 N–H and O–H groups in total. The number of thiol groups is 1. The van der Waals surface area contributed by atoms with Gasteiger partial charge in [-0.1, -0.05) is 12.6 Å². The number of hydrogen-bond acceptors (Lipinski definition) is 4. The van der Waals surface area contributed by atoms with Gasteiger partial charge in [0.1, 0.15) is 11.4 Å². The number of alkyl halides is 2. The maximum atomic E-state index is 13.4. The van der Waals surface area contributed by atoms with Crippen molar-refractivity contribution < 1.29 is 17.9 Å². The van der Waals surface area contributed by atoms with E-state index in [0.717, 1.165) is 16.8 Å². The largest absolute Gasteiger partial charge is 0.414 e. The number of ether oxygens (including phenoxy) is 1. The van der Waals surface area contributed by atoms with Gasteiger partial charge in [0.2, 0.25) is 0 Å². The highest BCUT2D eigenvalue weighted by Gasteiger charge is 2.15. The minimum atomic E-state index is -3.07. The van der Waals surface area contributed by atoms with Crippen LogP contribution in [0.5, 0.6) is 5.88 Å². The van der Waals surface area contributed by atoms with Crippen LogP contribution in [-0.2, 0) is 0 Å². The van der Waals surface area contributed by atoms with E-state index in [-0.39, 0.29) is 16.8 Å². The highest BCUT2D eigenvalue weighted by atomic mass is 32.1. The fourth-order valence-corrected chi connectivity index (χ4v) is 1.70. The molecule has 0 radical (unpaired) electrons. The fourth-order valence-electron chi connectivity index (χ4n) is 1.58. The minimum Gasteiger partial charge on any atom is -0.414 e. The summed E-state index contributed by atoms with van der Waals surface area (Å²) < 4.78 is 43.3. The summed E-state index contributed by atoms with van der Waals surface area (Å²) in [4.78, 5) is 0. The molecule has 1 aromatic heterocycles. The average Bonchev–Trinajstić information content (AvgIpc) is 2.81. The van der Waals surface area contributed by atoms with Gasteiger partial charge in [-0.3, -0.25) is 0 Å². The van der Waals surface area contributed by atoms with Gasteiger partial charge in [0.05, 0.1) is 23.5 Å². The van der Waals surface area contributed by atoms with E-state index in [2.05, 4.69) is 33.6 Å². The first-order valence-electron chi connectivity index (χ1n) is 5.44. The molecule has 0 aliphatic carbocycles. The molecule has 1 aromatic carbocycles. The molecule has 21 heavy (non-hydrogen) atoms. The van der Waals surface area contributed by atoms with E-state index < -0.39 is 18.3 Å². The van der Waals surface area contributed by atoms with Crippen LogP contribution < -0.4 is 4.74 Å². The number of aromatic nitrogens is 2. The molecule has 0 atom stereocenters. The molecule has 1 heterocycles. The Hall–Kier alpha value is -2.58. The second kappa shape index (κ2) is 6.25. The lowest BCUT2D eigenvalue weighted by Crippen LogP contribution is -2.04. The SMILES string of the molecule is N#Cc1cc(F)cc(-n2cc(C#CS)c(OC(F)F)n2)c1. The zero-order valence-corrected chi connectivity index (χ0v) is 11.1. The molecule has 0 aliphatic heterocycles. The molecule has 0 fully saturated rings. The molecule has 0 bridgehead atoms. The van der Waals surface area contributed by atoms with Crippen molar-refractivity contribution in [1.29, 1.82) is 5.26 Å². The Labute approximate surface area is 123 Å². The maximum Gasteiger partial charge on any atom is 0.388 e. The van der Waals surface area contributed by atoms with Crippen molar-refractivity contribution >= 4 is 12.6 Å². The number of benzene rings is 1. The maximum absolute atomic E-state index is 13.4. The molecule has 0 spiro atoms. The van der Waals surface area contributed by atoms with Crippen LogP contribution in [0.15, 0.2) is 24.4 Å². The van der Waals surface area contributed by atoms with Crippen LogP contribution in [0, 0.1) is 28.3 Å². The zero-order valence-electron chi connectivity index (χ0n) is 10.2. The summed E-state index contributed by atoms with van der Waals surface area (Å²) in [5, 5.41) is 14.8. The smallest absolute Gasteiger partial charge is 0.388 e. The van der Waals surface area contributed by atoms with Gasteiger partial charge in [-0.25, -0.2) is 9.07 Å². The van der Waals surface area contributed by atoms with Gasteiger partial charge in [0.25, 0.3) is 5.88 Å². The van der Waals surface area contributed by atoms with E-state index in [4.69, 9.17) is 5.26 Å². The summed E-state index contributed by atoms with van der Waals surface area (Å²) in [6.07, 6.45) is 1.27. The summed E-state index contributed by atoms with van der Waals surface area (Å²) >= 11 is 3.67. The Morgan fingerprint density at radius 2 is 2.10 bits per heavy atom. The lowest BCUT2D eigenvalue weighted by atomic mass is 10.2. The molecule has 0 amide bonds. The lowest BCUT2D eigenvalue weighted by Gasteiger charge is -2.02. The van der Waals surface area contributed by atoms with Crippen molar-refractivity contribution in [2.24, 2.45) is 0 Å². The number of hydrogen-bond donors (Lipinski definition) is 1. The predicted octanol–water partition coefficient (Wildman–Crippen LogP) is 2.72. The summed E-state index contributed by atoms with van der Waals surface area (Å²) in [7, 11) is 0. The van der Waals surface area contributed by atoms with Crippen LogP contribution in [-0.4, -0.2) is 16.4 Å². The number of rotatable bonds is 3. The number of nitriles is 1. The van der Waals surface area contributed by atoms with E-state index in [1.165, 1.54) is 12.3 Å². The van der Waals surface area contributed by atoms with Crippen LogP contribution in [0.1, 0.15) is 11.1 Å². The molecule has 0 unspecified atom stereocenters. The highest BCUT2D eigenvalue weighted by Crippen LogP contribution is 2.21. The van der Waals surface area contributed by atoms with Gasteiger partial charge in [-0.15, -0.1) is 5.10 Å². The predicted molar refractivity (Wildman–Crippen MR) is 70.7 cm³/mol. The van der Waals surface area contributed by atoms with Crippen molar-refractivity contribution in [3.8, 4) is 28.8 Å². The van der Waals surface area contributed by atoms with Crippen LogP contribution in [0.3, 0.4) is 0 Å². The topological polar surface area (TPSA) is 50.8 Å². The Morgan fingerprint density at radius 3 is 2.71 bits per heavy atom. The van der Waals surface area contributed by atoms with Gasteiger partial charge in [-0.2, -0.15) is 14.0 Å². The fraction of sp³-hybridized carbons (Fsp3) is 0.0769. The first-order chi connectivity index (χ1) is 10.0. The lowest BCUT2D eigenvalue weighted by molar-refractivity contribution is -0.0532. The van der Waals surface area contributed by atoms with Gasteiger partial charge >= 0.3 is 6.61 Å². The Bertz CT molecular complexity index is 771. The molecule has 2 rings (SSSR count). The molecule has 0 saturated carbocycles. The van der Waals surface area contributed by atoms with Crippen LogP contribution >= 0.6 is 12.6 Å². The zero-order chi connectivity index (χ0) is 15.4. The van der Waals surface area contributed by atoms with Crippen molar-refractivity contribution in [1.82, 2.24) is 9.78 Å². The summed E-state index contributed by atoms with van der Waals surface area (Å²) in [6.45, 7) is -3.07. The standard InChI is InChI=1S/C13H6F3N3OS/c14-10-3-8(6-17)4-11(5-10)19-7-9(1-2-21)12(18-19)20-13(15)16/h3-5,7,13,21H. The van der Waals surface area contributed by atoms with Crippen LogP contribution in [0.4, 0.5) is 13.2 Å². The van der Waals surface area contributed by atoms with E-state index >= 15 is 0 Å². The summed E-state index contributed by atoms with van der Waals surface area (Å²) in [5.74, 6) is 1.37. The second-order valence-electron chi connectivity index (χ2n) is 3.72. The molecule has 0 saturated heterocycles. The monoisotopic (exact) mass is 309 g/mol. The molecule has 8 heteroatoms. The normalized spacial score (nSPS) is 9.90. The van der Waals surface area contributed by atoms with Crippen LogP contribution in [0.25, 0.3) is 5.69 Å². The Morgan fingerprint density at radius 1 is 1.33 bits per heavy atom. The Balaban J connectivity index is 2.51. The van der Waals surface area contributed by atoms with Crippen LogP contribution in [0.2, 0.25) is 0 Å². The van der Waals surface area contributed by atoms with Gasteiger partial charge in [0, 0.05) is 0 Å². The first kappa shape index (κ1) is 14.8. The molecular formula is C13H6F3N3OS. The molecule has 4 nitrogen and oxygen atoms in total.